The largest absolute Gasteiger partial charge is 0.477 e. The van der Waals surface area contributed by atoms with Crippen LogP contribution in [0.25, 0.3) is 0 Å². The van der Waals surface area contributed by atoms with E-state index in [1.807, 2.05) is 0 Å². The van der Waals surface area contributed by atoms with E-state index in [-0.39, 0.29) is 35.3 Å². The van der Waals surface area contributed by atoms with Crippen molar-refractivity contribution in [2.24, 2.45) is 7.05 Å². The molecule has 2 aliphatic rings. The zero-order valence-electron chi connectivity index (χ0n) is 17.2. The predicted molar refractivity (Wildman–Crippen MR) is 116 cm³/mol. The van der Waals surface area contributed by atoms with Gasteiger partial charge in [0.1, 0.15) is 17.1 Å². The molecule has 1 aromatic heterocycles. The Labute approximate surface area is 213 Å². The number of tetrazole rings is 1. The first-order chi connectivity index (χ1) is 14.9. The minimum absolute atomic E-state index is 0. The van der Waals surface area contributed by atoms with Crippen molar-refractivity contribution in [2.75, 3.05) is 11.5 Å². The van der Waals surface area contributed by atoms with Crippen molar-refractivity contribution in [1.29, 1.82) is 0 Å². The van der Waals surface area contributed by atoms with Crippen LogP contribution in [0, 0.1) is 0 Å². The molecular weight excluding hydrogens is 467 g/mol. The number of rotatable bonds is 7. The number of β-lactam (4-membered cyclic amide) rings is 1. The number of nitrogens with one attached hydrogen (secondary N) is 1. The summed E-state index contributed by atoms with van der Waals surface area (Å²) >= 11 is 2.64. The maximum absolute atomic E-state index is 12.7. The van der Waals surface area contributed by atoms with Gasteiger partial charge < -0.3 is 15.5 Å². The first kappa shape index (κ1) is 24.7. The van der Waals surface area contributed by atoms with Gasteiger partial charge in [0, 0.05) is 48.1 Å². The fraction of sp³-hybridized carbons (Fsp3) is 0.333. The van der Waals surface area contributed by atoms with Crippen molar-refractivity contribution < 1.29 is 24.6 Å². The van der Waals surface area contributed by atoms with E-state index in [9.17, 15) is 24.6 Å². The van der Waals surface area contributed by atoms with Gasteiger partial charge in [-0.25, -0.2) is 9.48 Å². The van der Waals surface area contributed by atoms with Gasteiger partial charge >= 0.3 is 5.97 Å². The topological polar surface area (TPSA) is 151 Å². The molecule has 14 heteroatoms. The number of hydrogen-bond acceptors (Lipinski definition) is 9. The number of aryl methyl sites for hydroxylation is 1. The van der Waals surface area contributed by atoms with Crippen LogP contribution in [-0.2, 0) is 21.4 Å². The van der Waals surface area contributed by atoms with Gasteiger partial charge in [-0.15, -0.1) is 16.9 Å². The van der Waals surface area contributed by atoms with E-state index >= 15 is 0 Å². The van der Waals surface area contributed by atoms with Gasteiger partial charge in [-0.1, -0.05) is 42.1 Å². The van der Waals surface area contributed by atoms with Crippen LogP contribution < -0.4 is 5.32 Å². The monoisotopic (exact) mass is 485 g/mol. The van der Waals surface area contributed by atoms with Crippen LogP contribution >= 0.6 is 23.5 Å². The zero-order chi connectivity index (χ0) is 22.1. The van der Waals surface area contributed by atoms with Crippen LogP contribution in [0.3, 0.4) is 0 Å². The second kappa shape index (κ2) is 10.4. The van der Waals surface area contributed by atoms with Crippen molar-refractivity contribution in [1.82, 2.24) is 30.4 Å². The Morgan fingerprint density at radius 3 is 2.69 bits per heavy atom. The molecule has 3 N–H and O–H groups in total. The number of carbonyl (C=O) groups excluding carboxylic acids is 2. The third-order valence-corrected chi connectivity index (χ3v) is 7.30. The SMILES string of the molecule is Cn1nnnc1SCC1=C(C(=O)O)N2C(=O)[C@@H](NC(=O)[C@H](O)c3ccccc3)[C@@H]2SC1.[Na]. The third kappa shape index (κ3) is 4.72. The van der Waals surface area contributed by atoms with Crippen LogP contribution in [0.2, 0.25) is 0 Å². The second-order valence-electron chi connectivity index (χ2n) is 6.84. The number of carboxylic acids is 1. The first-order valence-corrected chi connectivity index (χ1v) is 11.2. The van der Waals surface area contributed by atoms with Crippen molar-refractivity contribution in [3.05, 3.63) is 47.2 Å². The Bertz CT molecular complexity index is 1070. The van der Waals surface area contributed by atoms with Crippen LogP contribution in [0.4, 0.5) is 0 Å². The van der Waals surface area contributed by atoms with E-state index in [1.165, 1.54) is 33.1 Å². The summed E-state index contributed by atoms with van der Waals surface area (Å²) in [6.45, 7) is 0. The summed E-state index contributed by atoms with van der Waals surface area (Å²) in [4.78, 5) is 38.2. The fourth-order valence-electron chi connectivity index (χ4n) is 3.31. The number of fused-ring (bicyclic) bond motifs is 1. The number of benzene rings is 1. The maximum Gasteiger partial charge on any atom is 0.352 e. The maximum atomic E-state index is 12.7. The van der Waals surface area contributed by atoms with Gasteiger partial charge in [0.2, 0.25) is 5.16 Å². The van der Waals surface area contributed by atoms with Gasteiger partial charge in [-0.3, -0.25) is 14.5 Å². The molecule has 3 heterocycles. The average Bonchev–Trinajstić information content (AvgIpc) is 3.19. The van der Waals surface area contributed by atoms with Crippen LogP contribution in [0.15, 0.2) is 46.8 Å². The van der Waals surface area contributed by atoms with Gasteiger partial charge in [-0.05, 0) is 21.6 Å². The van der Waals surface area contributed by atoms with Crippen LogP contribution in [-0.4, -0.2) is 106 Å². The molecular formula is C18H18N6NaO5S2. The Morgan fingerprint density at radius 2 is 2.06 bits per heavy atom. The first-order valence-electron chi connectivity index (χ1n) is 9.17. The number of nitrogens with zero attached hydrogens (tertiary/aromatic N) is 5. The molecule has 0 saturated carbocycles. The fourth-order valence-corrected chi connectivity index (χ4v) is 5.64. The minimum atomic E-state index is -1.42. The van der Waals surface area contributed by atoms with Gasteiger partial charge in [0.15, 0.2) is 6.10 Å². The summed E-state index contributed by atoms with van der Waals surface area (Å²) in [5.74, 6) is -1.75. The number of aliphatic hydroxyl groups is 1. The minimum Gasteiger partial charge on any atom is -0.477 e. The van der Waals surface area contributed by atoms with Crippen LogP contribution in [0.5, 0.6) is 0 Å². The molecule has 1 radical (unpaired) electrons. The van der Waals surface area contributed by atoms with Crippen molar-refractivity contribution in [3.8, 4) is 0 Å². The second-order valence-corrected chi connectivity index (χ2v) is 8.89. The quantitative estimate of drug-likeness (QED) is 0.263. The van der Waals surface area contributed by atoms with E-state index in [0.717, 1.165) is 0 Å². The molecule has 32 heavy (non-hydrogen) atoms. The summed E-state index contributed by atoms with van der Waals surface area (Å²) in [6.07, 6.45) is -1.42. The van der Waals surface area contributed by atoms with E-state index in [1.54, 1.807) is 37.4 Å². The number of aliphatic carboxylic acids is 1. The standard InChI is InChI=1S/C18H18N6O5S2.Na/c1-23-18(20-21-22-23)31-8-10-7-30-16-11(15(27)24(16)12(10)17(28)29)19-14(26)13(25)9-5-3-2-4-6-9;/h2-6,11,13,16,25H,7-8H2,1H3,(H,19,26)(H,28,29);/t11-,13-,16+;/m1./s1. The smallest absolute Gasteiger partial charge is 0.352 e. The molecule has 2 amide bonds. The number of aliphatic hydroxyl groups excluding tert-OH is 1. The zero-order valence-corrected chi connectivity index (χ0v) is 20.8. The number of carbonyl (C=O) groups is 3. The molecule has 3 atom stereocenters. The molecule has 0 bridgehead atoms. The molecule has 2 aliphatic heterocycles. The molecule has 11 nitrogen and oxygen atoms in total. The molecule has 0 unspecified atom stereocenters. The number of thioether (sulfide) groups is 2. The third-order valence-electron chi connectivity index (χ3n) is 4.87. The van der Waals surface area contributed by atoms with E-state index in [0.29, 0.717) is 27.8 Å². The molecule has 0 aliphatic carbocycles. The number of amides is 2. The number of hydrogen-bond donors (Lipinski definition) is 3. The Morgan fingerprint density at radius 1 is 1.34 bits per heavy atom. The van der Waals surface area contributed by atoms with E-state index < -0.39 is 35.3 Å². The van der Waals surface area contributed by atoms with E-state index in [4.69, 9.17) is 0 Å². The molecule has 1 fully saturated rings. The van der Waals surface area contributed by atoms with Crippen molar-refractivity contribution in [2.45, 2.75) is 22.7 Å². The summed E-state index contributed by atoms with van der Waals surface area (Å²) in [6, 6.07) is 7.46. The van der Waals surface area contributed by atoms with Crippen LogP contribution in [0.1, 0.15) is 11.7 Å². The van der Waals surface area contributed by atoms with Gasteiger partial charge in [-0.2, -0.15) is 0 Å². The summed E-state index contributed by atoms with van der Waals surface area (Å²) < 4.78 is 1.48. The molecule has 1 aromatic carbocycles. The Balaban J connectivity index is 0.00000289. The van der Waals surface area contributed by atoms with Crippen molar-refractivity contribution in [3.63, 3.8) is 0 Å². The Kier molecular flexibility index (Phi) is 8.01. The van der Waals surface area contributed by atoms with E-state index in [2.05, 4.69) is 20.8 Å². The normalized spacial score (nSPS) is 20.7. The molecule has 1 saturated heterocycles. The molecule has 163 valence electrons. The summed E-state index contributed by atoms with van der Waals surface area (Å²) in [5.41, 5.74) is 0.901. The van der Waals surface area contributed by atoms with Crippen molar-refractivity contribution >= 4 is 70.9 Å². The molecule has 0 spiro atoms. The van der Waals surface area contributed by atoms with Gasteiger partial charge in [0.25, 0.3) is 11.8 Å². The molecule has 2 aromatic rings. The average molecular weight is 486 g/mol. The summed E-state index contributed by atoms with van der Waals surface area (Å²) in [7, 11) is 1.68. The number of aromatic nitrogens is 4. The predicted octanol–water partition coefficient (Wildman–Crippen LogP) is -0.606. The molecule has 4 rings (SSSR count). The summed E-state index contributed by atoms with van der Waals surface area (Å²) in [5, 5.41) is 33.6. The van der Waals surface area contributed by atoms with Gasteiger partial charge in [0.05, 0.1) is 0 Å². The Hall–Kier alpha value is -1.90. The number of carboxylic acid groups (broad SMARTS) is 1.